The van der Waals surface area contributed by atoms with Crippen molar-refractivity contribution < 1.29 is 19.2 Å². The van der Waals surface area contributed by atoms with Crippen LogP contribution in [0.15, 0.2) is 48.5 Å². The number of nitrogens with one attached hydrogen (secondary N) is 1. The topological polar surface area (TPSA) is 90.7 Å². The highest BCUT2D eigenvalue weighted by molar-refractivity contribution is 6.04. The van der Waals surface area contributed by atoms with Gasteiger partial charge >= 0.3 is 0 Å². The van der Waals surface area contributed by atoms with Gasteiger partial charge in [0.1, 0.15) is 12.4 Å². The summed E-state index contributed by atoms with van der Waals surface area (Å²) in [6, 6.07) is 12.5. The highest BCUT2D eigenvalue weighted by atomic mass is 16.6. The summed E-state index contributed by atoms with van der Waals surface area (Å²) in [4.78, 5) is 22.5. The van der Waals surface area contributed by atoms with Crippen LogP contribution in [0.1, 0.15) is 17.3 Å². The summed E-state index contributed by atoms with van der Waals surface area (Å²) in [6.07, 6.45) is 0. The fourth-order valence-corrected chi connectivity index (χ4v) is 1.99. The Balaban J connectivity index is 2.01. The molecule has 0 aliphatic carbocycles. The van der Waals surface area contributed by atoms with Crippen molar-refractivity contribution >= 4 is 17.3 Å². The van der Waals surface area contributed by atoms with Crippen LogP contribution in [0.3, 0.4) is 0 Å². The van der Waals surface area contributed by atoms with E-state index in [4.69, 9.17) is 9.47 Å². The molecule has 0 heterocycles. The predicted octanol–water partition coefficient (Wildman–Crippen LogP) is 3.26. The van der Waals surface area contributed by atoms with Gasteiger partial charge in [0.2, 0.25) is 0 Å². The van der Waals surface area contributed by atoms with Crippen LogP contribution in [0.2, 0.25) is 0 Å². The average Bonchev–Trinajstić information content (AvgIpc) is 2.59. The number of nitro groups is 1. The first kappa shape index (κ1) is 17.4. The van der Waals surface area contributed by atoms with Gasteiger partial charge in [0, 0.05) is 30.0 Å². The summed E-state index contributed by atoms with van der Waals surface area (Å²) in [5.41, 5.74) is 0.674. The number of hydrogen-bond acceptors (Lipinski definition) is 5. The van der Waals surface area contributed by atoms with Crippen molar-refractivity contribution in [2.24, 2.45) is 0 Å². The van der Waals surface area contributed by atoms with Crippen LogP contribution in [0, 0.1) is 10.1 Å². The van der Waals surface area contributed by atoms with Crippen LogP contribution >= 0.6 is 0 Å². The minimum Gasteiger partial charge on any atom is -0.491 e. The van der Waals surface area contributed by atoms with E-state index in [1.54, 1.807) is 30.3 Å². The molecule has 24 heavy (non-hydrogen) atoms. The third kappa shape index (κ3) is 5.06. The largest absolute Gasteiger partial charge is 0.491 e. The third-order valence-electron chi connectivity index (χ3n) is 3.11. The van der Waals surface area contributed by atoms with Gasteiger partial charge in [-0.05, 0) is 31.2 Å². The number of non-ortho nitro benzene ring substituents is 1. The lowest BCUT2D eigenvalue weighted by atomic mass is 10.2. The average molecular weight is 330 g/mol. The van der Waals surface area contributed by atoms with E-state index in [0.29, 0.717) is 36.8 Å². The molecule has 2 aromatic carbocycles. The Morgan fingerprint density at radius 2 is 1.96 bits per heavy atom. The SMILES string of the molecule is CCOCCOc1cccc(C(=O)Nc2cccc([N+](=O)[O-])c2)c1. The maximum atomic E-state index is 12.3. The highest BCUT2D eigenvalue weighted by Crippen LogP contribution is 2.19. The number of anilines is 1. The fraction of sp³-hybridized carbons (Fsp3) is 0.235. The minimum atomic E-state index is -0.511. The Morgan fingerprint density at radius 1 is 1.17 bits per heavy atom. The number of amides is 1. The smallest absolute Gasteiger partial charge is 0.271 e. The zero-order valence-electron chi connectivity index (χ0n) is 13.2. The molecular weight excluding hydrogens is 312 g/mol. The van der Waals surface area contributed by atoms with Gasteiger partial charge in [0.25, 0.3) is 11.6 Å². The second kappa shape index (κ2) is 8.64. The molecule has 0 radical (unpaired) electrons. The van der Waals surface area contributed by atoms with Crippen molar-refractivity contribution in [3.8, 4) is 5.75 Å². The molecule has 0 saturated heterocycles. The van der Waals surface area contributed by atoms with E-state index in [0.717, 1.165) is 0 Å². The quantitative estimate of drug-likeness (QED) is 0.456. The molecule has 0 aromatic heterocycles. The van der Waals surface area contributed by atoms with Crippen LogP contribution in [0.4, 0.5) is 11.4 Å². The summed E-state index contributed by atoms with van der Waals surface area (Å²) in [6.45, 7) is 3.39. The first-order valence-electron chi connectivity index (χ1n) is 7.46. The Labute approximate surface area is 139 Å². The summed E-state index contributed by atoms with van der Waals surface area (Å²) in [5, 5.41) is 13.4. The second-order valence-electron chi connectivity index (χ2n) is 4.83. The molecule has 2 rings (SSSR count). The first-order chi connectivity index (χ1) is 11.6. The molecule has 0 aliphatic heterocycles. The van der Waals surface area contributed by atoms with Crippen molar-refractivity contribution in [2.45, 2.75) is 6.92 Å². The standard InChI is InChI=1S/C17H18N2O5/c1-2-23-9-10-24-16-8-3-5-13(11-16)17(20)18-14-6-4-7-15(12-14)19(21)22/h3-8,11-12H,2,9-10H2,1H3,(H,18,20). The van der Waals surface area contributed by atoms with Gasteiger partial charge in [-0.1, -0.05) is 12.1 Å². The van der Waals surface area contributed by atoms with Crippen LogP contribution in [0.25, 0.3) is 0 Å². The number of nitrogens with zero attached hydrogens (tertiary/aromatic N) is 1. The van der Waals surface area contributed by atoms with Crippen molar-refractivity contribution in [3.63, 3.8) is 0 Å². The van der Waals surface area contributed by atoms with E-state index in [1.807, 2.05) is 6.92 Å². The maximum absolute atomic E-state index is 12.3. The van der Waals surface area contributed by atoms with Crippen LogP contribution in [-0.4, -0.2) is 30.7 Å². The first-order valence-corrected chi connectivity index (χ1v) is 7.46. The number of carbonyl (C=O) groups is 1. The van der Waals surface area contributed by atoms with Gasteiger partial charge in [-0.25, -0.2) is 0 Å². The van der Waals surface area contributed by atoms with Gasteiger partial charge in [-0.15, -0.1) is 0 Å². The van der Waals surface area contributed by atoms with E-state index in [-0.39, 0.29) is 11.6 Å². The Morgan fingerprint density at radius 3 is 2.71 bits per heavy atom. The number of benzene rings is 2. The zero-order chi connectivity index (χ0) is 17.4. The van der Waals surface area contributed by atoms with Gasteiger partial charge in [-0.3, -0.25) is 14.9 Å². The molecule has 0 bridgehead atoms. The van der Waals surface area contributed by atoms with Crippen molar-refractivity contribution in [1.82, 2.24) is 0 Å². The molecule has 0 fully saturated rings. The van der Waals surface area contributed by atoms with E-state index in [2.05, 4.69) is 5.32 Å². The predicted molar refractivity (Wildman–Crippen MR) is 89.5 cm³/mol. The molecular formula is C17H18N2O5. The molecule has 0 atom stereocenters. The van der Waals surface area contributed by atoms with Crippen molar-refractivity contribution in [1.29, 1.82) is 0 Å². The second-order valence-corrected chi connectivity index (χ2v) is 4.83. The van der Waals surface area contributed by atoms with Gasteiger partial charge in [0.15, 0.2) is 0 Å². The van der Waals surface area contributed by atoms with Crippen molar-refractivity contribution in [2.75, 3.05) is 25.1 Å². The zero-order valence-corrected chi connectivity index (χ0v) is 13.2. The number of ether oxygens (including phenoxy) is 2. The normalized spacial score (nSPS) is 10.2. The van der Waals surface area contributed by atoms with Crippen LogP contribution in [-0.2, 0) is 4.74 Å². The van der Waals surface area contributed by atoms with E-state index in [9.17, 15) is 14.9 Å². The number of nitro benzene ring substituents is 1. The third-order valence-corrected chi connectivity index (χ3v) is 3.11. The van der Waals surface area contributed by atoms with Gasteiger partial charge < -0.3 is 14.8 Å². The Kier molecular flexibility index (Phi) is 6.27. The van der Waals surface area contributed by atoms with Crippen LogP contribution < -0.4 is 10.1 Å². The summed E-state index contributed by atoms with van der Waals surface area (Å²) in [7, 11) is 0. The molecule has 126 valence electrons. The molecule has 2 aromatic rings. The lowest BCUT2D eigenvalue weighted by Gasteiger charge is -2.09. The van der Waals surface area contributed by atoms with Crippen LogP contribution in [0.5, 0.6) is 5.75 Å². The number of rotatable bonds is 8. The summed E-state index contributed by atoms with van der Waals surface area (Å²) < 4.78 is 10.7. The summed E-state index contributed by atoms with van der Waals surface area (Å²) in [5.74, 6) is 0.187. The maximum Gasteiger partial charge on any atom is 0.271 e. The van der Waals surface area contributed by atoms with E-state index in [1.165, 1.54) is 18.2 Å². The van der Waals surface area contributed by atoms with Crippen molar-refractivity contribution in [3.05, 3.63) is 64.2 Å². The molecule has 0 spiro atoms. The van der Waals surface area contributed by atoms with Gasteiger partial charge in [0.05, 0.1) is 11.5 Å². The molecule has 0 aliphatic rings. The van der Waals surface area contributed by atoms with E-state index < -0.39 is 4.92 Å². The molecule has 1 amide bonds. The number of hydrogen-bond donors (Lipinski definition) is 1. The number of carbonyl (C=O) groups excluding carboxylic acids is 1. The molecule has 0 unspecified atom stereocenters. The van der Waals surface area contributed by atoms with E-state index >= 15 is 0 Å². The minimum absolute atomic E-state index is 0.0826. The fourth-order valence-electron chi connectivity index (χ4n) is 1.99. The molecule has 1 N–H and O–H groups in total. The van der Waals surface area contributed by atoms with Gasteiger partial charge in [-0.2, -0.15) is 0 Å². The Bertz CT molecular complexity index is 718. The monoisotopic (exact) mass is 330 g/mol. The molecule has 0 saturated carbocycles. The molecule has 7 heteroatoms. The molecule has 7 nitrogen and oxygen atoms in total. The summed E-state index contributed by atoms with van der Waals surface area (Å²) >= 11 is 0. The highest BCUT2D eigenvalue weighted by Gasteiger charge is 2.10. The Hall–Kier alpha value is -2.93. The lowest BCUT2D eigenvalue weighted by molar-refractivity contribution is -0.384. The lowest BCUT2D eigenvalue weighted by Crippen LogP contribution is -2.12.